The molecule has 2 aromatic carbocycles. The van der Waals surface area contributed by atoms with Gasteiger partial charge < -0.3 is 0 Å². The molecule has 0 spiro atoms. The topological polar surface area (TPSA) is 63.2 Å². The maximum atomic E-state index is 14.0. The molecule has 4 nitrogen and oxygen atoms in total. The molecule has 1 amide bonds. The maximum Gasteiger partial charge on any atom is 0.266 e. The van der Waals surface area contributed by atoms with Gasteiger partial charge in [0, 0.05) is 24.1 Å². The van der Waals surface area contributed by atoms with Gasteiger partial charge >= 0.3 is 0 Å². The molecule has 0 radical (unpaired) electrons. The summed E-state index contributed by atoms with van der Waals surface area (Å²) >= 11 is 0. The van der Waals surface area contributed by atoms with Gasteiger partial charge in [-0.05, 0) is 6.07 Å². The number of carbonyl (C=O) groups is 1. The third kappa shape index (κ3) is 3.52. The molecule has 11 heteroatoms. The molecule has 0 saturated carbocycles. The minimum atomic E-state index is -4.85. The molecule has 0 aliphatic rings. The van der Waals surface area contributed by atoms with Gasteiger partial charge in [0.25, 0.3) is 10.0 Å². The molecule has 0 heterocycles. The van der Waals surface area contributed by atoms with Crippen LogP contribution in [0, 0.1) is 34.9 Å². The van der Waals surface area contributed by atoms with Crippen molar-refractivity contribution in [3.8, 4) is 11.1 Å². The first-order valence-electron chi connectivity index (χ1n) is 6.87. The minimum Gasteiger partial charge on any atom is -0.274 e. The van der Waals surface area contributed by atoms with Crippen LogP contribution >= 0.6 is 0 Å². The molecule has 0 aromatic heterocycles. The SMILES string of the molecule is CCC(=O)NS(=O)(=O)c1cc(-c2c(F)cc(F)c(F)c2F)c(F)cc1F. The molecule has 2 aromatic rings. The molecular weight excluding hydrogens is 388 g/mol. The van der Waals surface area contributed by atoms with Crippen LogP contribution in [0.5, 0.6) is 0 Å². The molecule has 0 bridgehead atoms. The van der Waals surface area contributed by atoms with E-state index in [2.05, 4.69) is 0 Å². The number of nitrogens with one attached hydrogen (secondary N) is 1. The summed E-state index contributed by atoms with van der Waals surface area (Å²) in [5, 5.41) is 0. The summed E-state index contributed by atoms with van der Waals surface area (Å²) < 4.78 is 107. The second-order valence-electron chi connectivity index (χ2n) is 4.99. The second kappa shape index (κ2) is 6.98. The van der Waals surface area contributed by atoms with Gasteiger partial charge in [-0.2, -0.15) is 0 Å². The van der Waals surface area contributed by atoms with Gasteiger partial charge in [-0.15, -0.1) is 0 Å². The van der Waals surface area contributed by atoms with Gasteiger partial charge in [0.05, 0.1) is 5.56 Å². The van der Waals surface area contributed by atoms with Crippen molar-refractivity contribution in [2.45, 2.75) is 18.2 Å². The van der Waals surface area contributed by atoms with Crippen molar-refractivity contribution in [2.75, 3.05) is 0 Å². The van der Waals surface area contributed by atoms with E-state index in [1.54, 1.807) is 0 Å². The van der Waals surface area contributed by atoms with Crippen LogP contribution in [-0.4, -0.2) is 14.3 Å². The standard InChI is InChI=1S/C15H9F6NO3S/c1-2-12(23)22-26(24,25)11-3-6(7(16)4-8(11)17)13-9(18)5-10(19)14(20)15(13)21/h3-5H,2H2,1H3,(H,22,23). The summed E-state index contributed by atoms with van der Waals surface area (Å²) in [7, 11) is -4.85. The zero-order chi connectivity index (χ0) is 19.8. The summed E-state index contributed by atoms with van der Waals surface area (Å²) in [6.45, 7) is 1.29. The fourth-order valence-corrected chi connectivity index (χ4v) is 3.16. The van der Waals surface area contributed by atoms with Crippen LogP contribution < -0.4 is 4.72 Å². The summed E-state index contributed by atoms with van der Waals surface area (Å²) in [6, 6.07) is 0.0822. The number of amides is 1. The van der Waals surface area contributed by atoms with Crippen LogP contribution in [0.15, 0.2) is 23.1 Å². The largest absolute Gasteiger partial charge is 0.274 e. The lowest BCUT2D eigenvalue weighted by Crippen LogP contribution is -2.30. The molecule has 0 saturated heterocycles. The van der Waals surface area contributed by atoms with Crippen LogP contribution in [-0.2, 0) is 14.8 Å². The number of carbonyl (C=O) groups excluding carboxylic acids is 1. The number of halogens is 6. The Labute approximate surface area is 143 Å². The lowest BCUT2D eigenvalue weighted by atomic mass is 10.0. The van der Waals surface area contributed by atoms with E-state index in [1.165, 1.54) is 11.6 Å². The Hall–Kier alpha value is -2.56. The van der Waals surface area contributed by atoms with Crippen molar-refractivity contribution in [1.29, 1.82) is 0 Å². The van der Waals surface area contributed by atoms with Crippen LogP contribution in [0.2, 0.25) is 0 Å². The Balaban J connectivity index is 2.75. The number of hydrogen-bond donors (Lipinski definition) is 1. The molecular formula is C15H9F6NO3S. The summed E-state index contributed by atoms with van der Waals surface area (Å²) in [5.74, 6) is -12.2. The van der Waals surface area contributed by atoms with Crippen molar-refractivity contribution in [1.82, 2.24) is 4.72 Å². The summed E-state index contributed by atoms with van der Waals surface area (Å²) in [5.41, 5.74) is -2.61. The van der Waals surface area contributed by atoms with E-state index in [1.807, 2.05) is 0 Å². The van der Waals surface area contributed by atoms with Crippen LogP contribution in [0.25, 0.3) is 11.1 Å². The van der Waals surface area contributed by atoms with E-state index in [-0.39, 0.29) is 24.6 Å². The molecule has 1 N–H and O–H groups in total. The average molecular weight is 397 g/mol. The second-order valence-corrected chi connectivity index (χ2v) is 6.64. The fourth-order valence-electron chi connectivity index (χ4n) is 2.02. The fraction of sp³-hybridized carbons (Fsp3) is 0.133. The van der Waals surface area contributed by atoms with Gasteiger partial charge in [0.15, 0.2) is 17.5 Å². The first-order chi connectivity index (χ1) is 12.0. The van der Waals surface area contributed by atoms with Crippen LogP contribution in [0.4, 0.5) is 26.3 Å². The number of hydrogen-bond acceptors (Lipinski definition) is 3. The van der Waals surface area contributed by atoms with Gasteiger partial charge in [0.2, 0.25) is 5.91 Å². The predicted octanol–water partition coefficient (Wildman–Crippen LogP) is 3.40. The number of sulfonamides is 1. The Morgan fingerprint density at radius 3 is 2.04 bits per heavy atom. The average Bonchev–Trinajstić information content (AvgIpc) is 2.53. The molecule has 0 fully saturated rings. The normalized spacial score (nSPS) is 11.5. The lowest BCUT2D eigenvalue weighted by molar-refractivity contribution is -0.119. The van der Waals surface area contributed by atoms with Crippen molar-refractivity contribution < 1.29 is 39.6 Å². The molecule has 0 atom stereocenters. The van der Waals surface area contributed by atoms with Crippen LogP contribution in [0.1, 0.15) is 13.3 Å². The van der Waals surface area contributed by atoms with E-state index in [0.29, 0.717) is 0 Å². The first kappa shape index (κ1) is 19.8. The third-order valence-electron chi connectivity index (χ3n) is 3.26. The highest BCUT2D eigenvalue weighted by Gasteiger charge is 2.28. The Kier molecular flexibility index (Phi) is 5.31. The van der Waals surface area contributed by atoms with Crippen molar-refractivity contribution in [2.24, 2.45) is 0 Å². The van der Waals surface area contributed by atoms with Crippen molar-refractivity contribution in [3.05, 3.63) is 53.1 Å². The van der Waals surface area contributed by atoms with E-state index < -0.39 is 66.9 Å². The number of benzene rings is 2. The third-order valence-corrected chi connectivity index (χ3v) is 4.65. The Morgan fingerprint density at radius 1 is 0.885 bits per heavy atom. The Bertz CT molecular complexity index is 1010. The predicted molar refractivity (Wildman–Crippen MR) is 77.2 cm³/mol. The molecule has 140 valence electrons. The highest BCUT2D eigenvalue weighted by molar-refractivity contribution is 7.90. The zero-order valence-corrected chi connectivity index (χ0v) is 13.7. The monoisotopic (exact) mass is 397 g/mol. The number of rotatable bonds is 4. The van der Waals surface area contributed by atoms with Crippen LogP contribution in [0.3, 0.4) is 0 Å². The van der Waals surface area contributed by atoms with Crippen molar-refractivity contribution >= 4 is 15.9 Å². The van der Waals surface area contributed by atoms with E-state index in [9.17, 15) is 39.6 Å². The van der Waals surface area contributed by atoms with Crippen molar-refractivity contribution in [3.63, 3.8) is 0 Å². The van der Waals surface area contributed by atoms with Gasteiger partial charge in [-0.1, -0.05) is 6.92 Å². The Morgan fingerprint density at radius 2 is 1.46 bits per heavy atom. The smallest absolute Gasteiger partial charge is 0.266 e. The summed E-state index contributed by atoms with van der Waals surface area (Å²) in [6.07, 6.45) is -0.290. The maximum absolute atomic E-state index is 14.0. The molecule has 2 rings (SSSR count). The summed E-state index contributed by atoms with van der Waals surface area (Å²) in [4.78, 5) is 9.92. The molecule has 26 heavy (non-hydrogen) atoms. The quantitative estimate of drug-likeness (QED) is 0.489. The highest BCUT2D eigenvalue weighted by Crippen LogP contribution is 2.33. The lowest BCUT2D eigenvalue weighted by Gasteiger charge is -2.12. The first-order valence-corrected chi connectivity index (χ1v) is 8.36. The van der Waals surface area contributed by atoms with E-state index in [0.717, 1.165) is 0 Å². The molecule has 0 aliphatic heterocycles. The molecule has 0 unspecified atom stereocenters. The van der Waals surface area contributed by atoms with Gasteiger partial charge in [-0.3, -0.25) is 4.79 Å². The van der Waals surface area contributed by atoms with E-state index in [4.69, 9.17) is 0 Å². The highest BCUT2D eigenvalue weighted by atomic mass is 32.2. The van der Waals surface area contributed by atoms with Gasteiger partial charge in [0.1, 0.15) is 22.3 Å². The zero-order valence-electron chi connectivity index (χ0n) is 12.8. The molecule has 0 aliphatic carbocycles. The van der Waals surface area contributed by atoms with Gasteiger partial charge in [-0.25, -0.2) is 39.5 Å². The minimum absolute atomic E-state index is 0.0134. The van der Waals surface area contributed by atoms with E-state index >= 15 is 0 Å².